The SMILES string of the molecule is Cc1ccc(-c2cn(-c3cc(C(=O)O)ccc3C)nn2)c(C)c1. The van der Waals surface area contributed by atoms with Crippen LogP contribution < -0.4 is 0 Å². The molecule has 1 heterocycles. The highest BCUT2D eigenvalue weighted by atomic mass is 16.4. The number of aromatic nitrogens is 3. The first-order chi connectivity index (χ1) is 11.0. The van der Waals surface area contributed by atoms with Gasteiger partial charge in [-0.3, -0.25) is 0 Å². The van der Waals surface area contributed by atoms with Gasteiger partial charge in [0.1, 0.15) is 5.69 Å². The van der Waals surface area contributed by atoms with E-state index < -0.39 is 5.97 Å². The van der Waals surface area contributed by atoms with E-state index in [0.29, 0.717) is 5.69 Å². The van der Waals surface area contributed by atoms with E-state index in [9.17, 15) is 4.79 Å². The predicted molar refractivity (Wildman–Crippen MR) is 88.0 cm³/mol. The van der Waals surface area contributed by atoms with Crippen LogP contribution in [-0.4, -0.2) is 26.1 Å². The molecule has 0 spiro atoms. The lowest BCUT2D eigenvalue weighted by molar-refractivity contribution is 0.0697. The molecule has 0 saturated carbocycles. The maximum atomic E-state index is 11.2. The molecule has 0 fully saturated rings. The predicted octanol–water partition coefficient (Wildman–Crippen LogP) is 3.56. The van der Waals surface area contributed by atoms with Gasteiger partial charge >= 0.3 is 5.97 Å². The van der Waals surface area contributed by atoms with Gasteiger partial charge in [-0.15, -0.1) is 5.10 Å². The minimum Gasteiger partial charge on any atom is -0.478 e. The lowest BCUT2D eigenvalue weighted by atomic mass is 10.0. The third-order valence-electron chi connectivity index (χ3n) is 3.85. The highest BCUT2D eigenvalue weighted by molar-refractivity contribution is 5.88. The summed E-state index contributed by atoms with van der Waals surface area (Å²) < 4.78 is 1.62. The molecular formula is C18H17N3O2. The average molecular weight is 307 g/mol. The molecule has 5 nitrogen and oxygen atoms in total. The van der Waals surface area contributed by atoms with Crippen LogP contribution in [0.4, 0.5) is 0 Å². The number of carboxylic acids is 1. The van der Waals surface area contributed by atoms with Gasteiger partial charge in [0.05, 0.1) is 17.4 Å². The molecule has 0 unspecified atom stereocenters. The number of carbonyl (C=O) groups is 1. The number of hydrogen-bond donors (Lipinski definition) is 1. The molecule has 0 aliphatic rings. The van der Waals surface area contributed by atoms with Crippen LogP contribution in [0.1, 0.15) is 27.0 Å². The Labute approximate surface area is 134 Å². The standard InChI is InChI=1S/C18H17N3O2/c1-11-4-7-15(13(3)8-11)16-10-21(20-19-16)17-9-14(18(22)23)6-5-12(17)2/h4-10H,1-3H3,(H,22,23). The molecule has 2 aromatic carbocycles. The summed E-state index contributed by atoms with van der Waals surface area (Å²) in [5.41, 5.74) is 6.00. The molecule has 116 valence electrons. The topological polar surface area (TPSA) is 68.0 Å². The van der Waals surface area contributed by atoms with Gasteiger partial charge in [-0.05, 0) is 44.0 Å². The zero-order chi connectivity index (χ0) is 16.6. The number of nitrogens with zero attached hydrogens (tertiary/aromatic N) is 3. The molecule has 3 rings (SSSR count). The molecule has 0 aliphatic heterocycles. The van der Waals surface area contributed by atoms with Crippen LogP contribution in [0, 0.1) is 20.8 Å². The zero-order valence-corrected chi connectivity index (χ0v) is 13.2. The zero-order valence-electron chi connectivity index (χ0n) is 13.2. The van der Waals surface area contributed by atoms with Crippen molar-refractivity contribution >= 4 is 5.97 Å². The third kappa shape index (κ3) is 2.85. The lowest BCUT2D eigenvalue weighted by Crippen LogP contribution is -2.02. The molecule has 1 aromatic heterocycles. The Bertz CT molecular complexity index is 897. The first-order valence-electron chi connectivity index (χ1n) is 7.30. The minimum absolute atomic E-state index is 0.231. The van der Waals surface area contributed by atoms with Crippen molar-refractivity contribution < 1.29 is 9.90 Å². The number of benzene rings is 2. The van der Waals surface area contributed by atoms with E-state index in [4.69, 9.17) is 5.11 Å². The fourth-order valence-corrected chi connectivity index (χ4v) is 2.60. The molecule has 23 heavy (non-hydrogen) atoms. The number of aromatic carboxylic acids is 1. The van der Waals surface area contributed by atoms with Gasteiger partial charge < -0.3 is 5.11 Å². The molecule has 1 N–H and O–H groups in total. The van der Waals surface area contributed by atoms with Gasteiger partial charge in [0.15, 0.2) is 0 Å². The average Bonchev–Trinajstić information content (AvgIpc) is 2.96. The van der Waals surface area contributed by atoms with Gasteiger partial charge in [-0.2, -0.15) is 0 Å². The van der Waals surface area contributed by atoms with Gasteiger partial charge in [-0.1, -0.05) is 35.0 Å². The third-order valence-corrected chi connectivity index (χ3v) is 3.85. The van der Waals surface area contributed by atoms with E-state index in [1.54, 1.807) is 22.9 Å². The number of aryl methyl sites for hydroxylation is 3. The second-order valence-corrected chi connectivity index (χ2v) is 5.67. The summed E-state index contributed by atoms with van der Waals surface area (Å²) in [6.07, 6.45) is 1.83. The fraction of sp³-hybridized carbons (Fsp3) is 0.167. The van der Waals surface area contributed by atoms with Gasteiger partial charge in [0.25, 0.3) is 0 Å². The summed E-state index contributed by atoms with van der Waals surface area (Å²) >= 11 is 0. The van der Waals surface area contributed by atoms with E-state index >= 15 is 0 Å². The van der Waals surface area contributed by atoms with Crippen LogP contribution in [0.3, 0.4) is 0 Å². The minimum atomic E-state index is -0.957. The largest absolute Gasteiger partial charge is 0.478 e. The normalized spacial score (nSPS) is 10.7. The van der Waals surface area contributed by atoms with Crippen LogP contribution in [0.5, 0.6) is 0 Å². The van der Waals surface area contributed by atoms with Crippen LogP contribution in [0.2, 0.25) is 0 Å². The van der Waals surface area contributed by atoms with E-state index in [1.807, 2.05) is 39.1 Å². The van der Waals surface area contributed by atoms with Gasteiger partial charge in [0.2, 0.25) is 0 Å². The van der Waals surface area contributed by atoms with Crippen molar-refractivity contribution in [2.75, 3.05) is 0 Å². The summed E-state index contributed by atoms with van der Waals surface area (Å²) in [5.74, 6) is -0.957. The molecule has 0 saturated heterocycles. The Morgan fingerprint density at radius 3 is 2.52 bits per heavy atom. The van der Waals surface area contributed by atoms with Crippen LogP contribution >= 0.6 is 0 Å². The van der Waals surface area contributed by atoms with E-state index in [2.05, 4.69) is 16.4 Å². The van der Waals surface area contributed by atoms with Crippen molar-refractivity contribution in [2.45, 2.75) is 20.8 Å². The van der Waals surface area contributed by atoms with E-state index in [0.717, 1.165) is 22.4 Å². The second-order valence-electron chi connectivity index (χ2n) is 5.67. The van der Waals surface area contributed by atoms with Crippen molar-refractivity contribution in [1.29, 1.82) is 0 Å². The Kier molecular flexibility index (Phi) is 3.70. The highest BCUT2D eigenvalue weighted by Crippen LogP contribution is 2.24. The molecule has 0 bridgehead atoms. The first-order valence-corrected chi connectivity index (χ1v) is 7.30. The quantitative estimate of drug-likeness (QED) is 0.803. The Hall–Kier alpha value is -2.95. The maximum Gasteiger partial charge on any atom is 0.335 e. The number of rotatable bonds is 3. The fourth-order valence-electron chi connectivity index (χ4n) is 2.60. The van der Waals surface area contributed by atoms with Crippen molar-refractivity contribution in [3.05, 3.63) is 64.8 Å². The van der Waals surface area contributed by atoms with E-state index in [1.165, 1.54) is 5.56 Å². The number of carboxylic acid groups (broad SMARTS) is 1. The summed E-state index contributed by atoms with van der Waals surface area (Å²) in [7, 11) is 0. The smallest absolute Gasteiger partial charge is 0.335 e. The monoisotopic (exact) mass is 307 g/mol. The van der Waals surface area contributed by atoms with Crippen molar-refractivity contribution in [2.24, 2.45) is 0 Å². The Morgan fingerprint density at radius 1 is 1.04 bits per heavy atom. The van der Waals surface area contributed by atoms with Crippen molar-refractivity contribution in [3.8, 4) is 16.9 Å². The van der Waals surface area contributed by atoms with E-state index in [-0.39, 0.29) is 5.56 Å². The molecular weight excluding hydrogens is 290 g/mol. The van der Waals surface area contributed by atoms with Crippen molar-refractivity contribution in [1.82, 2.24) is 15.0 Å². The molecule has 5 heteroatoms. The maximum absolute atomic E-state index is 11.2. The van der Waals surface area contributed by atoms with Crippen LogP contribution in [0.25, 0.3) is 16.9 Å². The first kappa shape index (κ1) is 15.0. The summed E-state index contributed by atoms with van der Waals surface area (Å²) in [5, 5.41) is 17.5. The molecule has 0 aliphatic carbocycles. The molecule has 0 radical (unpaired) electrons. The van der Waals surface area contributed by atoms with Gasteiger partial charge in [0, 0.05) is 5.56 Å². The van der Waals surface area contributed by atoms with Crippen LogP contribution in [0.15, 0.2) is 42.6 Å². The Balaban J connectivity index is 2.05. The summed E-state index contributed by atoms with van der Waals surface area (Å²) in [6.45, 7) is 6.01. The second kappa shape index (κ2) is 5.68. The highest BCUT2D eigenvalue weighted by Gasteiger charge is 2.12. The summed E-state index contributed by atoms with van der Waals surface area (Å²) in [6, 6.07) is 11.1. The molecule has 0 atom stereocenters. The number of hydrogen-bond acceptors (Lipinski definition) is 3. The lowest BCUT2D eigenvalue weighted by Gasteiger charge is -2.06. The molecule has 0 amide bonds. The van der Waals surface area contributed by atoms with Crippen molar-refractivity contribution in [3.63, 3.8) is 0 Å². The van der Waals surface area contributed by atoms with Gasteiger partial charge in [-0.25, -0.2) is 9.48 Å². The van der Waals surface area contributed by atoms with Crippen LogP contribution in [-0.2, 0) is 0 Å². The summed E-state index contributed by atoms with van der Waals surface area (Å²) in [4.78, 5) is 11.2. The molecule has 3 aromatic rings. The Morgan fingerprint density at radius 2 is 1.83 bits per heavy atom.